The van der Waals surface area contributed by atoms with E-state index in [1.165, 1.54) is 12.8 Å². The minimum Gasteiger partial charge on any atom is -0.384 e. The van der Waals surface area contributed by atoms with E-state index in [9.17, 15) is 4.79 Å². The molecule has 1 aliphatic carbocycles. The number of likely N-dealkylation sites (tertiary alicyclic amines) is 1. The monoisotopic (exact) mass is 226 g/mol. The Morgan fingerprint density at radius 1 is 1.38 bits per heavy atom. The molecule has 0 aromatic heterocycles. The summed E-state index contributed by atoms with van der Waals surface area (Å²) < 4.78 is 5.13. The molecule has 0 spiro atoms. The molecule has 1 aliphatic heterocycles. The summed E-state index contributed by atoms with van der Waals surface area (Å²) in [6.07, 6.45) is 5.91. The van der Waals surface area contributed by atoms with E-state index in [0.717, 1.165) is 39.0 Å². The Morgan fingerprint density at radius 3 is 2.81 bits per heavy atom. The number of carbonyl (C=O) groups is 1. The smallest absolute Gasteiger partial charge is 0.317 e. The second-order valence-electron chi connectivity index (χ2n) is 4.99. The van der Waals surface area contributed by atoms with E-state index in [1.54, 1.807) is 7.11 Å². The third-order valence-electron chi connectivity index (χ3n) is 3.66. The van der Waals surface area contributed by atoms with Crippen molar-refractivity contribution in [1.29, 1.82) is 0 Å². The van der Waals surface area contributed by atoms with Crippen LogP contribution in [0.4, 0.5) is 4.79 Å². The number of carbonyl (C=O) groups excluding carboxylic acids is 1. The van der Waals surface area contributed by atoms with Crippen LogP contribution in [0.15, 0.2) is 0 Å². The predicted octanol–water partition coefficient (Wildman–Crippen LogP) is 1.61. The van der Waals surface area contributed by atoms with Crippen LogP contribution in [0.3, 0.4) is 0 Å². The van der Waals surface area contributed by atoms with Gasteiger partial charge in [0.2, 0.25) is 0 Å². The Hall–Kier alpha value is -0.770. The van der Waals surface area contributed by atoms with Gasteiger partial charge in [-0.2, -0.15) is 0 Å². The van der Waals surface area contributed by atoms with E-state index in [0.29, 0.717) is 12.0 Å². The van der Waals surface area contributed by atoms with Gasteiger partial charge in [-0.15, -0.1) is 0 Å². The Labute approximate surface area is 97.3 Å². The van der Waals surface area contributed by atoms with Crippen LogP contribution >= 0.6 is 0 Å². The molecule has 1 saturated carbocycles. The van der Waals surface area contributed by atoms with Crippen molar-refractivity contribution in [2.24, 2.45) is 5.92 Å². The Balaban J connectivity index is 1.73. The number of methoxy groups -OCH3 is 1. The average molecular weight is 226 g/mol. The number of nitrogens with zero attached hydrogens (tertiary/aromatic N) is 1. The summed E-state index contributed by atoms with van der Waals surface area (Å²) in [4.78, 5) is 13.9. The maximum Gasteiger partial charge on any atom is 0.317 e. The van der Waals surface area contributed by atoms with Gasteiger partial charge in [-0.3, -0.25) is 0 Å². The highest BCUT2D eigenvalue weighted by molar-refractivity contribution is 5.74. The molecule has 0 aromatic rings. The van der Waals surface area contributed by atoms with Gasteiger partial charge in [-0.1, -0.05) is 12.8 Å². The van der Waals surface area contributed by atoms with E-state index in [2.05, 4.69) is 5.32 Å². The molecular weight excluding hydrogens is 204 g/mol. The maximum absolute atomic E-state index is 11.9. The number of rotatable bonds is 3. The van der Waals surface area contributed by atoms with Crippen LogP contribution < -0.4 is 5.32 Å². The second kappa shape index (κ2) is 5.53. The summed E-state index contributed by atoms with van der Waals surface area (Å²) >= 11 is 0. The van der Waals surface area contributed by atoms with Crippen molar-refractivity contribution in [2.75, 3.05) is 26.8 Å². The van der Waals surface area contributed by atoms with Gasteiger partial charge in [0.1, 0.15) is 0 Å². The van der Waals surface area contributed by atoms with Gasteiger partial charge in [-0.25, -0.2) is 4.79 Å². The van der Waals surface area contributed by atoms with E-state index in [1.807, 2.05) is 4.90 Å². The summed E-state index contributed by atoms with van der Waals surface area (Å²) in [6.45, 7) is 2.51. The first-order valence-corrected chi connectivity index (χ1v) is 6.34. The number of urea groups is 1. The molecule has 1 atom stereocenters. The molecule has 16 heavy (non-hydrogen) atoms. The lowest BCUT2D eigenvalue weighted by Crippen LogP contribution is -2.43. The van der Waals surface area contributed by atoms with Crippen LogP contribution in [0.1, 0.15) is 32.1 Å². The fraction of sp³-hybridized carbons (Fsp3) is 0.917. The number of amides is 2. The third kappa shape index (κ3) is 2.88. The first-order valence-electron chi connectivity index (χ1n) is 6.34. The molecule has 1 unspecified atom stereocenters. The van der Waals surface area contributed by atoms with Crippen LogP contribution in [-0.4, -0.2) is 43.8 Å². The Kier molecular flexibility index (Phi) is 4.04. The minimum atomic E-state index is 0.130. The molecule has 0 aromatic carbocycles. The fourth-order valence-corrected chi connectivity index (χ4v) is 2.72. The highest BCUT2D eigenvalue weighted by Crippen LogP contribution is 2.20. The number of ether oxygens (including phenoxy) is 1. The molecule has 4 heteroatoms. The van der Waals surface area contributed by atoms with Crippen LogP contribution in [0, 0.1) is 5.92 Å². The molecular formula is C12H22N2O2. The lowest BCUT2D eigenvalue weighted by atomic mass is 10.1. The van der Waals surface area contributed by atoms with Gasteiger partial charge in [0, 0.05) is 32.2 Å². The molecule has 1 N–H and O–H groups in total. The Morgan fingerprint density at radius 2 is 2.12 bits per heavy atom. The number of nitrogens with one attached hydrogen (secondary N) is 1. The largest absolute Gasteiger partial charge is 0.384 e. The Bertz CT molecular complexity index is 239. The van der Waals surface area contributed by atoms with Crippen molar-refractivity contribution >= 4 is 6.03 Å². The SMILES string of the molecule is COCC1CCN(C(=O)NC2CCCC2)C1. The minimum absolute atomic E-state index is 0.130. The molecule has 2 fully saturated rings. The predicted molar refractivity (Wildman–Crippen MR) is 62.3 cm³/mol. The summed E-state index contributed by atoms with van der Waals surface area (Å²) in [5, 5.41) is 3.13. The van der Waals surface area contributed by atoms with Crippen molar-refractivity contribution < 1.29 is 9.53 Å². The highest BCUT2D eigenvalue weighted by Gasteiger charge is 2.27. The number of hydrogen-bond donors (Lipinski definition) is 1. The van der Waals surface area contributed by atoms with Crippen molar-refractivity contribution in [2.45, 2.75) is 38.1 Å². The average Bonchev–Trinajstić information content (AvgIpc) is 2.89. The third-order valence-corrected chi connectivity index (χ3v) is 3.66. The molecule has 1 saturated heterocycles. The van der Waals surface area contributed by atoms with E-state index in [4.69, 9.17) is 4.74 Å². The number of hydrogen-bond acceptors (Lipinski definition) is 2. The normalized spacial score (nSPS) is 26.3. The molecule has 4 nitrogen and oxygen atoms in total. The lowest BCUT2D eigenvalue weighted by Gasteiger charge is -2.20. The summed E-state index contributed by atoms with van der Waals surface area (Å²) in [5.41, 5.74) is 0. The zero-order chi connectivity index (χ0) is 11.4. The van der Waals surface area contributed by atoms with Gasteiger partial charge in [0.05, 0.1) is 6.61 Å². The molecule has 0 bridgehead atoms. The van der Waals surface area contributed by atoms with Crippen LogP contribution in [0.2, 0.25) is 0 Å². The molecule has 2 aliphatic rings. The van der Waals surface area contributed by atoms with Crippen molar-refractivity contribution in [1.82, 2.24) is 10.2 Å². The van der Waals surface area contributed by atoms with Crippen LogP contribution in [-0.2, 0) is 4.74 Å². The summed E-state index contributed by atoms with van der Waals surface area (Å²) in [7, 11) is 1.72. The van der Waals surface area contributed by atoms with E-state index < -0.39 is 0 Å². The quantitative estimate of drug-likeness (QED) is 0.794. The topological polar surface area (TPSA) is 41.6 Å². The molecule has 2 amide bonds. The zero-order valence-corrected chi connectivity index (χ0v) is 10.1. The van der Waals surface area contributed by atoms with Gasteiger partial charge >= 0.3 is 6.03 Å². The molecule has 2 rings (SSSR count). The van der Waals surface area contributed by atoms with E-state index in [-0.39, 0.29) is 6.03 Å². The fourth-order valence-electron chi connectivity index (χ4n) is 2.72. The summed E-state index contributed by atoms with van der Waals surface area (Å²) in [6, 6.07) is 0.555. The summed E-state index contributed by atoms with van der Waals surface area (Å²) in [5.74, 6) is 0.527. The van der Waals surface area contributed by atoms with Gasteiger partial charge in [0.25, 0.3) is 0 Å². The second-order valence-corrected chi connectivity index (χ2v) is 4.99. The molecule has 0 radical (unpaired) electrons. The van der Waals surface area contributed by atoms with E-state index >= 15 is 0 Å². The highest BCUT2D eigenvalue weighted by atomic mass is 16.5. The zero-order valence-electron chi connectivity index (χ0n) is 10.1. The lowest BCUT2D eigenvalue weighted by molar-refractivity contribution is 0.153. The maximum atomic E-state index is 11.9. The van der Waals surface area contributed by atoms with Gasteiger partial charge < -0.3 is 15.0 Å². The standard InChI is InChI=1S/C12H22N2O2/c1-16-9-10-6-7-14(8-10)12(15)13-11-4-2-3-5-11/h10-11H,2-9H2,1H3,(H,13,15). The van der Waals surface area contributed by atoms with Crippen molar-refractivity contribution in [3.8, 4) is 0 Å². The first-order chi connectivity index (χ1) is 7.79. The van der Waals surface area contributed by atoms with Crippen LogP contribution in [0.5, 0.6) is 0 Å². The molecule has 1 heterocycles. The van der Waals surface area contributed by atoms with Gasteiger partial charge in [0.15, 0.2) is 0 Å². The van der Waals surface area contributed by atoms with Crippen molar-refractivity contribution in [3.05, 3.63) is 0 Å². The van der Waals surface area contributed by atoms with Crippen molar-refractivity contribution in [3.63, 3.8) is 0 Å². The first kappa shape index (κ1) is 11.7. The van der Waals surface area contributed by atoms with Gasteiger partial charge in [-0.05, 0) is 19.3 Å². The molecule has 92 valence electrons. The van der Waals surface area contributed by atoms with Crippen LogP contribution in [0.25, 0.3) is 0 Å².